The van der Waals surface area contributed by atoms with Crippen LogP contribution in [0.2, 0.25) is 0 Å². The van der Waals surface area contributed by atoms with Gasteiger partial charge in [0.1, 0.15) is 0 Å². The molecule has 5 heteroatoms. The van der Waals surface area contributed by atoms with Gasteiger partial charge in [0.2, 0.25) is 0 Å². The Bertz CT molecular complexity index is 815. The van der Waals surface area contributed by atoms with Crippen molar-refractivity contribution in [2.45, 2.75) is 52.4 Å². The quantitative estimate of drug-likeness (QED) is 0.475. The average molecular weight is 397 g/mol. The molecule has 0 radical (unpaired) electrons. The van der Waals surface area contributed by atoms with Gasteiger partial charge in [0.25, 0.3) is 5.91 Å². The van der Waals surface area contributed by atoms with Crippen molar-refractivity contribution in [1.29, 1.82) is 0 Å². The van der Waals surface area contributed by atoms with E-state index in [4.69, 9.17) is 0 Å². The summed E-state index contributed by atoms with van der Waals surface area (Å²) in [6.07, 6.45) is 7.59. The summed E-state index contributed by atoms with van der Waals surface area (Å²) in [4.78, 5) is 26.1. The lowest BCUT2D eigenvalue weighted by Crippen LogP contribution is -2.19. The molecule has 2 aromatic rings. The molecule has 0 spiro atoms. The number of hydrogen-bond donors (Lipinski definition) is 2. The molecule has 0 fully saturated rings. The van der Waals surface area contributed by atoms with Gasteiger partial charge in [0.05, 0.1) is 11.3 Å². The minimum atomic E-state index is -1.06. The van der Waals surface area contributed by atoms with Crippen LogP contribution in [0.3, 0.4) is 0 Å². The number of carbonyl (C=O) groups is 2. The van der Waals surface area contributed by atoms with Gasteiger partial charge in [-0.2, -0.15) is 0 Å². The maximum absolute atomic E-state index is 12.5. The molecule has 0 atom stereocenters. The van der Waals surface area contributed by atoms with Crippen molar-refractivity contribution in [3.05, 3.63) is 59.2 Å². The monoisotopic (exact) mass is 396 g/mol. The predicted octanol–water partition coefficient (Wildman–Crippen LogP) is 5.74. The second-order valence-corrected chi connectivity index (χ2v) is 7.54. The van der Waals surface area contributed by atoms with Crippen LogP contribution in [0.15, 0.2) is 42.5 Å². The summed E-state index contributed by atoms with van der Waals surface area (Å²) in [6.45, 7) is 5.03. The third-order valence-corrected chi connectivity index (χ3v) is 5.07. The van der Waals surface area contributed by atoms with E-state index in [0.717, 1.165) is 24.2 Å². The number of aromatic carboxylic acids is 1. The van der Waals surface area contributed by atoms with Gasteiger partial charge in [-0.3, -0.25) is 4.79 Å². The normalized spacial score (nSPS) is 10.6. The first kappa shape index (κ1) is 22.5. The lowest BCUT2D eigenvalue weighted by Gasteiger charge is -2.19. The highest BCUT2D eigenvalue weighted by atomic mass is 16.4. The fourth-order valence-corrected chi connectivity index (χ4v) is 3.26. The summed E-state index contributed by atoms with van der Waals surface area (Å²) in [5.41, 5.74) is 2.79. The highest BCUT2D eigenvalue weighted by molar-refractivity contribution is 6.07. The van der Waals surface area contributed by atoms with Crippen molar-refractivity contribution in [3.63, 3.8) is 0 Å². The number of nitrogens with zero attached hydrogens (tertiary/aromatic N) is 1. The first-order valence-corrected chi connectivity index (χ1v) is 10.4. The number of hydrogen-bond acceptors (Lipinski definition) is 3. The Hall–Kier alpha value is -2.82. The molecule has 1 amide bonds. The lowest BCUT2D eigenvalue weighted by atomic mass is 10.1. The van der Waals surface area contributed by atoms with Gasteiger partial charge in [-0.25, -0.2) is 4.79 Å². The zero-order valence-corrected chi connectivity index (χ0v) is 17.7. The van der Waals surface area contributed by atoms with Gasteiger partial charge in [-0.05, 0) is 49.7 Å². The fourth-order valence-electron chi connectivity index (χ4n) is 3.26. The molecule has 0 aliphatic carbocycles. The fraction of sp³-hybridized carbons (Fsp3) is 0.417. The minimum absolute atomic E-state index is 0.0913. The first-order valence-electron chi connectivity index (χ1n) is 10.4. The summed E-state index contributed by atoms with van der Waals surface area (Å²) in [5, 5.41) is 12.1. The molecular formula is C24H32N2O3. The van der Waals surface area contributed by atoms with E-state index in [0.29, 0.717) is 11.3 Å². The van der Waals surface area contributed by atoms with Crippen LogP contribution < -0.4 is 10.2 Å². The molecule has 0 saturated heterocycles. The minimum Gasteiger partial charge on any atom is -0.478 e. The van der Waals surface area contributed by atoms with Crippen LogP contribution >= 0.6 is 0 Å². The Morgan fingerprint density at radius 2 is 1.62 bits per heavy atom. The number of anilines is 2. The lowest BCUT2D eigenvalue weighted by molar-refractivity contribution is 0.0698. The number of rotatable bonds is 11. The van der Waals surface area contributed by atoms with Crippen LogP contribution in [0.5, 0.6) is 0 Å². The zero-order valence-electron chi connectivity index (χ0n) is 17.7. The van der Waals surface area contributed by atoms with Crippen molar-refractivity contribution < 1.29 is 14.7 Å². The molecule has 2 rings (SSSR count). The number of carbonyl (C=O) groups excluding carboxylic acids is 1. The van der Waals surface area contributed by atoms with E-state index < -0.39 is 5.97 Å². The molecule has 0 heterocycles. The highest BCUT2D eigenvalue weighted by Crippen LogP contribution is 2.20. The zero-order chi connectivity index (χ0) is 21.2. The Morgan fingerprint density at radius 1 is 0.966 bits per heavy atom. The SMILES string of the molecule is CCCCCCCCN(C)c1ccc(C(=O)Nc2ccc(C)cc2C(=O)O)cc1. The van der Waals surface area contributed by atoms with Gasteiger partial charge in [0, 0.05) is 24.8 Å². The maximum atomic E-state index is 12.5. The van der Waals surface area contributed by atoms with Crippen LogP contribution in [0, 0.1) is 6.92 Å². The molecule has 2 N–H and O–H groups in total. The number of amides is 1. The number of carboxylic acids is 1. The van der Waals surface area contributed by atoms with Gasteiger partial charge < -0.3 is 15.3 Å². The van der Waals surface area contributed by atoms with Crippen molar-refractivity contribution in [1.82, 2.24) is 0 Å². The number of nitrogens with one attached hydrogen (secondary N) is 1. The van der Waals surface area contributed by atoms with Crippen LogP contribution in [0.25, 0.3) is 0 Å². The number of carboxylic acid groups (broad SMARTS) is 1. The standard InChI is InChI=1S/C24H32N2O3/c1-4-5-6-7-8-9-16-26(3)20-13-11-19(12-14-20)23(27)25-22-15-10-18(2)17-21(22)24(28)29/h10-15,17H,4-9,16H2,1-3H3,(H,25,27)(H,28,29). The molecule has 0 aliphatic heterocycles. The molecule has 0 bridgehead atoms. The summed E-state index contributed by atoms with van der Waals surface area (Å²) in [7, 11) is 2.06. The van der Waals surface area contributed by atoms with Crippen molar-refractivity contribution in [3.8, 4) is 0 Å². The molecule has 0 aliphatic rings. The van der Waals surface area contributed by atoms with Gasteiger partial charge in [-0.1, -0.05) is 50.7 Å². The van der Waals surface area contributed by atoms with Crippen LogP contribution in [0.1, 0.15) is 71.7 Å². The Morgan fingerprint density at radius 3 is 2.28 bits per heavy atom. The third-order valence-electron chi connectivity index (χ3n) is 5.07. The smallest absolute Gasteiger partial charge is 0.337 e. The summed E-state index contributed by atoms with van der Waals surface area (Å²) >= 11 is 0. The Kier molecular flexibility index (Phi) is 8.71. The van der Waals surface area contributed by atoms with E-state index in [2.05, 4.69) is 24.2 Å². The van der Waals surface area contributed by atoms with E-state index in [1.807, 2.05) is 19.1 Å². The van der Waals surface area contributed by atoms with E-state index in [9.17, 15) is 14.7 Å². The molecule has 0 aromatic heterocycles. The van der Waals surface area contributed by atoms with E-state index >= 15 is 0 Å². The van der Waals surface area contributed by atoms with E-state index in [-0.39, 0.29) is 11.5 Å². The Balaban J connectivity index is 1.92. The van der Waals surface area contributed by atoms with Crippen molar-refractivity contribution in [2.75, 3.05) is 23.8 Å². The first-order chi connectivity index (χ1) is 13.9. The average Bonchev–Trinajstić information content (AvgIpc) is 2.71. The summed E-state index contributed by atoms with van der Waals surface area (Å²) < 4.78 is 0. The molecule has 156 valence electrons. The number of benzene rings is 2. The van der Waals surface area contributed by atoms with Crippen LogP contribution in [-0.2, 0) is 0 Å². The van der Waals surface area contributed by atoms with Crippen LogP contribution in [0.4, 0.5) is 11.4 Å². The molecule has 2 aromatic carbocycles. The van der Waals surface area contributed by atoms with E-state index in [1.165, 1.54) is 32.1 Å². The summed E-state index contributed by atoms with van der Waals surface area (Å²) in [6, 6.07) is 12.4. The predicted molar refractivity (Wildman–Crippen MR) is 119 cm³/mol. The molecule has 5 nitrogen and oxygen atoms in total. The Labute approximate surface area is 173 Å². The van der Waals surface area contributed by atoms with Crippen molar-refractivity contribution >= 4 is 23.3 Å². The third kappa shape index (κ3) is 6.93. The largest absolute Gasteiger partial charge is 0.478 e. The van der Waals surface area contributed by atoms with Gasteiger partial charge in [-0.15, -0.1) is 0 Å². The molecule has 0 saturated carbocycles. The molecule has 0 unspecified atom stereocenters. The maximum Gasteiger partial charge on any atom is 0.337 e. The summed E-state index contributed by atoms with van der Waals surface area (Å²) in [5.74, 6) is -1.38. The second-order valence-electron chi connectivity index (χ2n) is 7.54. The van der Waals surface area contributed by atoms with Gasteiger partial charge in [0.15, 0.2) is 0 Å². The van der Waals surface area contributed by atoms with Gasteiger partial charge >= 0.3 is 5.97 Å². The molecule has 29 heavy (non-hydrogen) atoms. The van der Waals surface area contributed by atoms with Crippen molar-refractivity contribution in [2.24, 2.45) is 0 Å². The highest BCUT2D eigenvalue weighted by Gasteiger charge is 2.14. The molecular weight excluding hydrogens is 364 g/mol. The topological polar surface area (TPSA) is 69.6 Å². The number of aryl methyl sites for hydroxylation is 1. The number of unbranched alkanes of at least 4 members (excludes halogenated alkanes) is 5. The second kappa shape index (κ2) is 11.2. The van der Waals surface area contributed by atoms with Crippen LogP contribution in [-0.4, -0.2) is 30.6 Å². The van der Waals surface area contributed by atoms with E-state index in [1.54, 1.807) is 30.3 Å².